The topological polar surface area (TPSA) is 51.2 Å². The van der Waals surface area contributed by atoms with Crippen molar-refractivity contribution in [3.8, 4) is 17.0 Å². The Bertz CT molecular complexity index is 986. The molecule has 7 heteroatoms. The summed E-state index contributed by atoms with van der Waals surface area (Å²) < 4.78 is 33.6. The maximum atomic E-state index is 14.3. The first-order valence-corrected chi connectivity index (χ1v) is 9.17. The Morgan fingerprint density at radius 1 is 1.19 bits per heavy atom. The number of nitrogens with one attached hydrogen (secondary N) is 1. The van der Waals surface area contributed by atoms with E-state index >= 15 is 0 Å². The number of methoxy groups -OCH3 is 1. The molecule has 3 aromatic rings. The summed E-state index contributed by atoms with van der Waals surface area (Å²) >= 11 is 1.41. The second kappa shape index (κ2) is 7.84. The van der Waals surface area contributed by atoms with Gasteiger partial charge in [0.15, 0.2) is 0 Å². The van der Waals surface area contributed by atoms with E-state index in [0.717, 1.165) is 11.1 Å². The molecule has 2 aromatic carbocycles. The number of hydrogen-bond donors (Lipinski definition) is 1. The number of halogens is 2. The molecule has 0 aliphatic carbocycles. The van der Waals surface area contributed by atoms with Crippen LogP contribution in [-0.4, -0.2) is 18.0 Å². The van der Waals surface area contributed by atoms with Gasteiger partial charge < -0.3 is 10.1 Å². The third-order valence-corrected chi connectivity index (χ3v) is 5.07. The van der Waals surface area contributed by atoms with Crippen molar-refractivity contribution in [2.24, 2.45) is 0 Å². The van der Waals surface area contributed by atoms with E-state index in [2.05, 4.69) is 10.3 Å². The number of aromatic nitrogens is 1. The molecule has 27 heavy (non-hydrogen) atoms. The Kier molecular flexibility index (Phi) is 5.51. The summed E-state index contributed by atoms with van der Waals surface area (Å²) in [5.74, 6) is -1.39. The van der Waals surface area contributed by atoms with Crippen molar-refractivity contribution in [1.29, 1.82) is 0 Å². The predicted octanol–water partition coefficient (Wildman–Crippen LogP) is 5.47. The summed E-state index contributed by atoms with van der Waals surface area (Å²) in [5.41, 5.74) is 0.743. The molecule has 0 saturated heterocycles. The first-order valence-electron chi connectivity index (χ1n) is 8.29. The fourth-order valence-corrected chi connectivity index (χ4v) is 3.31. The number of thiazole rings is 1. The normalized spacial score (nSPS) is 10.9. The van der Waals surface area contributed by atoms with E-state index in [1.54, 1.807) is 23.6 Å². The van der Waals surface area contributed by atoms with Gasteiger partial charge in [0.05, 0.1) is 23.5 Å². The summed E-state index contributed by atoms with van der Waals surface area (Å²) in [7, 11) is 1.49. The van der Waals surface area contributed by atoms with Crippen LogP contribution in [0, 0.1) is 11.6 Å². The van der Waals surface area contributed by atoms with Crippen LogP contribution in [0.25, 0.3) is 11.3 Å². The summed E-state index contributed by atoms with van der Waals surface area (Å²) in [6.07, 6.45) is 0. The molecule has 1 N–H and O–H groups in total. The molecule has 140 valence electrons. The monoisotopic (exact) mass is 388 g/mol. The van der Waals surface area contributed by atoms with Crippen LogP contribution in [0.15, 0.2) is 41.8 Å². The molecule has 0 spiro atoms. The number of amides is 1. The zero-order chi connectivity index (χ0) is 19.6. The van der Waals surface area contributed by atoms with Crippen LogP contribution < -0.4 is 10.1 Å². The van der Waals surface area contributed by atoms with Crippen molar-refractivity contribution in [2.75, 3.05) is 12.4 Å². The van der Waals surface area contributed by atoms with E-state index in [4.69, 9.17) is 4.74 Å². The number of rotatable bonds is 5. The standard InChI is InChI=1S/C20H18F2N2O2S/c1-11(2)20-24-18(10-27-20)14-8-17(16(22)9-15(14)21)23-19(25)12-5-4-6-13(7-12)26-3/h4-11H,1-3H3,(H,23,25). The Morgan fingerprint density at radius 3 is 2.63 bits per heavy atom. The van der Waals surface area contributed by atoms with Gasteiger partial charge in [-0.1, -0.05) is 19.9 Å². The van der Waals surface area contributed by atoms with E-state index in [0.29, 0.717) is 17.0 Å². The quantitative estimate of drug-likeness (QED) is 0.630. The molecule has 4 nitrogen and oxygen atoms in total. The van der Waals surface area contributed by atoms with Gasteiger partial charge in [-0.2, -0.15) is 0 Å². The van der Waals surface area contributed by atoms with Gasteiger partial charge in [0, 0.05) is 28.5 Å². The molecule has 1 heterocycles. The molecule has 0 atom stereocenters. The smallest absolute Gasteiger partial charge is 0.255 e. The Morgan fingerprint density at radius 2 is 1.96 bits per heavy atom. The van der Waals surface area contributed by atoms with Crippen molar-refractivity contribution >= 4 is 22.9 Å². The average molecular weight is 388 g/mol. The van der Waals surface area contributed by atoms with Crippen LogP contribution in [0.1, 0.15) is 35.1 Å². The highest BCUT2D eigenvalue weighted by Crippen LogP contribution is 2.31. The highest BCUT2D eigenvalue weighted by molar-refractivity contribution is 7.10. The summed E-state index contributed by atoms with van der Waals surface area (Å²) in [4.78, 5) is 16.8. The van der Waals surface area contributed by atoms with Crippen molar-refractivity contribution in [3.63, 3.8) is 0 Å². The molecule has 1 aromatic heterocycles. The minimum atomic E-state index is -0.855. The lowest BCUT2D eigenvalue weighted by atomic mass is 10.1. The molecule has 0 radical (unpaired) electrons. The van der Waals surface area contributed by atoms with Gasteiger partial charge in [0.1, 0.15) is 17.4 Å². The van der Waals surface area contributed by atoms with Crippen LogP contribution in [0.2, 0.25) is 0 Å². The third kappa shape index (κ3) is 4.14. The van der Waals surface area contributed by atoms with Gasteiger partial charge in [0.2, 0.25) is 0 Å². The van der Waals surface area contributed by atoms with Crippen LogP contribution in [0.3, 0.4) is 0 Å². The van der Waals surface area contributed by atoms with Crippen molar-refractivity contribution in [1.82, 2.24) is 4.98 Å². The molecular formula is C20H18F2N2O2S. The average Bonchev–Trinajstić information content (AvgIpc) is 3.14. The van der Waals surface area contributed by atoms with Crippen LogP contribution >= 0.6 is 11.3 Å². The van der Waals surface area contributed by atoms with Crippen LogP contribution in [-0.2, 0) is 0 Å². The lowest BCUT2D eigenvalue weighted by molar-refractivity contribution is 0.102. The van der Waals surface area contributed by atoms with E-state index in [1.165, 1.54) is 30.6 Å². The van der Waals surface area contributed by atoms with Gasteiger partial charge in [-0.15, -0.1) is 11.3 Å². The second-order valence-corrected chi connectivity index (χ2v) is 7.11. The van der Waals surface area contributed by atoms with Crippen molar-refractivity contribution < 1.29 is 18.3 Å². The second-order valence-electron chi connectivity index (χ2n) is 6.22. The lowest BCUT2D eigenvalue weighted by Crippen LogP contribution is -2.13. The molecule has 0 saturated carbocycles. The Balaban J connectivity index is 1.92. The molecule has 0 fully saturated rings. The lowest BCUT2D eigenvalue weighted by Gasteiger charge is -2.10. The highest BCUT2D eigenvalue weighted by Gasteiger charge is 2.17. The third-order valence-electron chi connectivity index (χ3n) is 3.93. The summed E-state index contributed by atoms with van der Waals surface area (Å²) in [5, 5.41) is 5.06. The number of nitrogens with zero attached hydrogens (tertiary/aromatic N) is 1. The van der Waals surface area contributed by atoms with Gasteiger partial charge in [-0.25, -0.2) is 13.8 Å². The maximum absolute atomic E-state index is 14.3. The molecule has 1 amide bonds. The highest BCUT2D eigenvalue weighted by atomic mass is 32.1. The fourth-order valence-electron chi connectivity index (χ4n) is 2.48. The predicted molar refractivity (Wildman–Crippen MR) is 103 cm³/mol. The van der Waals surface area contributed by atoms with Crippen molar-refractivity contribution in [3.05, 3.63) is 64.0 Å². The van der Waals surface area contributed by atoms with E-state index < -0.39 is 17.5 Å². The van der Waals surface area contributed by atoms with Gasteiger partial charge in [-0.3, -0.25) is 4.79 Å². The molecule has 0 aliphatic rings. The number of benzene rings is 2. The summed E-state index contributed by atoms with van der Waals surface area (Å²) in [6, 6.07) is 8.49. The summed E-state index contributed by atoms with van der Waals surface area (Å²) in [6.45, 7) is 3.98. The maximum Gasteiger partial charge on any atom is 0.255 e. The number of carbonyl (C=O) groups is 1. The first-order chi connectivity index (χ1) is 12.9. The Hall–Kier alpha value is -2.80. The fraction of sp³-hybridized carbons (Fsp3) is 0.200. The Labute approximate surface area is 159 Å². The van der Waals surface area contributed by atoms with E-state index in [1.807, 2.05) is 13.8 Å². The minimum Gasteiger partial charge on any atom is -0.497 e. The first kappa shape index (κ1) is 19.0. The number of hydrogen-bond acceptors (Lipinski definition) is 4. The molecule has 3 rings (SSSR count). The number of anilines is 1. The molecule has 0 unspecified atom stereocenters. The van der Waals surface area contributed by atoms with Gasteiger partial charge in [0.25, 0.3) is 5.91 Å². The van der Waals surface area contributed by atoms with Gasteiger partial charge in [-0.05, 0) is 24.3 Å². The van der Waals surface area contributed by atoms with E-state index in [9.17, 15) is 13.6 Å². The van der Waals surface area contributed by atoms with Crippen molar-refractivity contribution in [2.45, 2.75) is 19.8 Å². The number of carbonyl (C=O) groups excluding carboxylic acids is 1. The zero-order valence-electron chi connectivity index (χ0n) is 15.0. The SMILES string of the molecule is COc1cccc(C(=O)Nc2cc(-c3csc(C(C)C)n3)c(F)cc2F)c1. The molecule has 0 bridgehead atoms. The molecular weight excluding hydrogens is 370 g/mol. The number of ether oxygens (including phenoxy) is 1. The minimum absolute atomic E-state index is 0.113. The van der Waals surface area contributed by atoms with E-state index in [-0.39, 0.29) is 17.2 Å². The van der Waals surface area contributed by atoms with Gasteiger partial charge >= 0.3 is 0 Å². The zero-order valence-corrected chi connectivity index (χ0v) is 15.9. The van der Waals surface area contributed by atoms with Crippen LogP contribution in [0.5, 0.6) is 5.75 Å². The molecule has 0 aliphatic heterocycles. The largest absolute Gasteiger partial charge is 0.497 e. The van der Waals surface area contributed by atoms with Crippen LogP contribution in [0.4, 0.5) is 14.5 Å².